The fourth-order valence-corrected chi connectivity index (χ4v) is 1.57. The Morgan fingerprint density at radius 3 is 2.46 bits per heavy atom. The maximum absolute atomic E-state index is 10.4. The van der Waals surface area contributed by atoms with E-state index >= 15 is 0 Å². The minimum absolute atomic E-state index is 0.249. The number of carboxylic acid groups (broad SMARTS) is 1. The molecule has 13 heavy (non-hydrogen) atoms. The third kappa shape index (κ3) is 1.20. The summed E-state index contributed by atoms with van der Waals surface area (Å²) < 4.78 is 4.85. The van der Waals surface area contributed by atoms with Crippen molar-refractivity contribution in [3.05, 3.63) is 11.7 Å². The van der Waals surface area contributed by atoms with E-state index in [9.17, 15) is 4.79 Å². The van der Waals surface area contributed by atoms with Crippen LogP contribution in [0.25, 0.3) is 0 Å². The van der Waals surface area contributed by atoms with Gasteiger partial charge in [0.15, 0.2) is 0 Å². The van der Waals surface area contributed by atoms with E-state index in [1.807, 2.05) is 0 Å². The van der Waals surface area contributed by atoms with E-state index in [0.29, 0.717) is 17.7 Å². The van der Waals surface area contributed by atoms with Crippen molar-refractivity contribution in [3.8, 4) is 0 Å². The molecular weight excluding hydrogens is 172 g/mol. The summed E-state index contributed by atoms with van der Waals surface area (Å²) in [5.74, 6) is 0.347. The van der Waals surface area contributed by atoms with Crippen LogP contribution >= 0.6 is 0 Å². The van der Waals surface area contributed by atoms with Crippen LogP contribution in [0.15, 0.2) is 4.52 Å². The molecule has 2 unspecified atom stereocenters. The van der Waals surface area contributed by atoms with Crippen LogP contribution in [-0.4, -0.2) is 21.2 Å². The molecule has 0 saturated heterocycles. The molecule has 0 bridgehead atoms. The molecule has 1 saturated carbocycles. The molecule has 70 valence electrons. The number of carbonyl (C=O) groups is 1. The molecule has 0 spiro atoms. The van der Waals surface area contributed by atoms with Crippen molar-refractivity contribution in [1.82, 2.24) is 10.1 Å². The van der Waals surface area contributed by atoms with Crippen LogP contribution in [0.3, 0.4) is 0 Å². The first-order valence-electron chi connectivity index (χ1n) is 4.18. The number of nitrogens with zero attached hydrogens (tertiary/aromatic N) is 2. The predicted molar refractivity (Wildman–Crippen MR) is 42.3 cm³/mol. The Bertz CT molecular complexity index is 339. The highest BCUT2D eigenvalue weighted by Gasteiger charge is 2.48. The molecule has 1 N–H and O–H groups in total. The van der Waals surface area contributed by atoms with Crippen molar-refractivity contribution in [1.29, 1.82) is 0 Å². The standard InChI is InChI=1S/C8H10N2O3/c1-3-4(2)5(3)7-9-6(8(11)12)10-13-7/h3-5H,1-2H3,(H,11,12). The lowest BCUT2D eigenvalue weighted by molar-refractivity contribution is 0.0680. The molecule has 1 fully saturated rings. The number of carboxylic acids is 1. The van der Waals surface area contributed by atoms with E-state index in [1.165, 1.54) is 0 Å². The monoisotopic (exact) mass is 182 g/mol. The van der Waals surface area contributed by atoms with Gasteiger partial charge >= 0.3 is 5.97 Å². The first-order valence-corrected chi connectivity index (χ1v) is 4.18. The van der Waals surface area contributed by atoms with Gasteiger partial charge in [-0.1, -0.05) is 13.8 Å². The molecule has 1 aliphatic rings. The summed E-state index contributed by atoms with van der Waals surface area (Å²) in [6, 6.07) is 0. The lowest BCUT2D eigenvalue weighted by atomic mass is 10.3. The van der Waals surface area contributed by atoms with Crippen LogP contribution in [0.5, 0.6) is 0 Å². The fourth-order valence-electron chi connectivity index (χ4n) is 1.57. The van der Waals surface area contributed by atoms with Gasteiger partial charge in [0.1, 0.15) is 0 Å². The highest BCUT2D eigenvalue weighted by atomic mass is 16.5. The summed E-state index contributed by atoms with van der Waals surface area (Å²) >= 11 is 0. The highest BCUT2D eigenvalue weighted by Crippen LogP contribution is 2.52. The van der Waals surface area contributed by atoms with Crippen LogP contribution < -0.4 is 0 Å². The topological polar surface area (TPSA) is 76.2 Å². The Kier molecular flexibility index (Phi) is 1.61. The minimum Gasteiger partial charge on any atom is -0.475 e. The van der Waals surface area contributed by atoms with Gasteiger partial charge in [-0.25, -0.2) is 4.79 Å². The molecule has 0 radical (unpaired) electrons. The smallest absolute Gasteiger partial charge is 0.377 e. The molecule has 5 heteroatoms. The summed E-state index contributed by atoms with van der Waals surface area (Å²) in [6.45, 7) is 4.17. The molecule has 2 rings (SSSR count). The normalized spacial score (nSPS) is 31.7. The van der Waals surface area contributed by atoms with Gasteiger partial charge in [-0.05, 0) is 17.0 Å². The Morgan fingerprint density at radius 1 is 1.46 bits per heavy atom. The van der Waals surface area contributed by atoms with Crippen molar-refractivity contribution in [2.24, 2.45) is 11.8 Å². The van der Waals surface area contributed by atoms with Crippen LogP contribution in [0.4, 0.5) is 0 Å². The summed E-state index contributed by atoms with van der Waals surface area (Å²) in [6.07, 6.45) is 0. The Morgan fingerprint density at radius 2 is 2.08 bits per heavy atom. The maximum Gasteiger partial charge on any atom is 0.377 e. The van der Waals surface area contributed by atoms with E-state index in [0.717, 1.165) is 0 Å². The quantitative estimate of drug-likeness (QED) is 0.742. The van der Waals surface area contributed by atoms with Gasteiger partial charge in [0.05, 0.1) is 0 Å². The van der Waals surface area contributed by atoms with Crippen molar-refractivity contribution < 1.29 is 14.4 Å². The molecule has 2 atom stereocenters. The molecule has 1 aliphatic carbocycles. The third-order valence-electron chi connectivity index (χ3n) is 2.74. The molecule has 0 aliphatic heterocycles. The van der Waals surface area contributed by atoms with Crippen LogP contribution in [-0.2, 0) is 0 Å². The molecule has 5 nitrogen and oxygen atoms in total. The number of rotatable bonds is 2. The highest BCUT2D eigenvalue weighted by molar-refractivity contribution is 5.82. The lowest BCUT2D eigenvalue weighted by Crippen LogP contribution is -1.98. The molecule has 1 aromatic heterocycles. The van der Waals surface area contributed by atoms with Crippen molar-refractivity contribution in [2.75, 3.05) is 0 Å². The van der Waals surface area contributed by atoms with Gasteiger partial charge in [0.25, 0.3) is 5.82 Å². The molecule has 0 aromatic carbocycles. The zero-order chi connectivity index (χ0) is 9.59. The molecule has 1 heterocycles. The predicted octanol–water partition coefficient (Wildman–Crippen LogP) is 1.14. The second-order valence-corrected chi connectivity index (χ2v) is 3.51. The lowest BCUT2D eigenvalue weighted by Gasteiger charge is -1.83. The minimum atomic E-state index is -1.14. The van der Waals surface area contributed by atoms with Gasteiger partial charge in [-0.2, -0.15) is 4.98 Å². The Labute approximate surface area is 74.8 Å². The average Bonchev–Trinajstić information content (AvgIpc) is 2.56. The second kappa shape index (κ2) is 2.55. The SMILES string of the molecule is CC1C(C)C1c1nc(C(=O)O)no1. The fraction of sp³-hybridized carbons (Fsp3) is 0.625. The largest absolute Gasteiger partial charge is 0.475 e. The average molecular weight is 182 g/mol. The molecule has 0 amide bonds. The van der Waals surface area contributed by atoms with Gasteiger partial charge in [-0.15, -0.1) is 0 Å². The van der Waals surface area contributed by atoms with Crippen LogP contribution in [0.1, 0.15) is 36.3 Å². The second-order valence-electron chi connectivity index (χ2n) is 3.51. The summed E-state index contributed by atoms with van der Waals surface area (Å²) in [4.78, 5) is 14.2. The first-order chi connectivity index (χ1) is 6.11. The summed E-state index contributed by atoms with van der Waals surface area (Å²) in [5.41, 5.74) is 0. The van der Waals surface area contributed by atoms with Crippen LogP contribution in [0.2, 0.25) is 0 Å². The third-order valence-corrected chi connectivity index (χ3v) is 2.74. The summed E-state index contributed by atoms with van der Waals surface area (Å²) in [7, 11) is 0. The van der Waals surface area contributed by atoms with Crippen LogP contribution in [0, 0.1) is 11.8 Å². The molecule has 1 aromatic rings. The first kappa shape index (κ1) is 8.22. The van der Waals surface area contributed by atoms with E-state index in [-0.39, 0.29) is 11.7 Å². The number of hydrogen-bond acceptors (Lipinski definition) is 4. The maximum atomic E-state index is 10.4. The zero-order valence-electron chi connectivity index (χ0n) is 7.39. The van der Waals surface area contributed by atoms with E-state index in [1.54, 1.807) is 0 Å². The van der Waals surface area contributed by atoms with Gasteiger partial charge < -0.3 is 9.63 Å². The zero-order valence-corrected chi connectivity index (χ0v) is 7.39. The van der Waals surface area contributed by atoms with Gasteiger partial charge in [0.2, 0.25) is 5.89 Å². The van der Waals surface area contributed by atoms with Gasteiger partial charge in [0, 0.05) is 5.92 Å². The Balaban J connectivity index is 2.20. The van der Waals surface area contributed by atoms with Crippen molar-refractivity contribution >= 4 is 5.97 Å². The van der Waals surface area contributed by atoms with Crippen molar-refractivity contribution in [3.63, 3.8) is 0 Å². The van der Waals surface area contributed by atoms with Crippen molar-refractivity contribution in [2.45, 2.75) is 19.8 Å². The summed E-state index contributed by atoms with van der Waals surface area (Å²) in [5, 5.41) is 11.9. The number of hydrogen-bond donors (Lipinski definition) is 1. The number of aromatic carboxylic acids is 1. The number of aromatic nitrogens is 2. The van der Waals surface area contributed by atoms with E-state index in [2.05, 4.69) is 24.0 Å². The molecular formula is C8H10N2O3. The van der Waals surface area contributed by atoms with E-state index in [4.69, 9.17) is 9.63 Å². The van der Waals surface area contributed by atoms with Gasteiger partial charge in [-0.3, -0.25) is 0 Å². The van der Waals surface area contributed by atoms with E-state index < -0.39 is 5.97 Å². The Hall–Kier alpha value is -1.39.